The summed E-state index contributed by atoms with van der Waals surface area (Å²) in [6.07, 6.45) is 3.09. The van der Waals surface area contributed by atoms with E-state index >= 15 is 0 Å². The number of sulfone groups is 1. The molecule has 0 saturated carbocycles. The van der Waals surface area contributed by atoms with Gasteiger partial charge in [-0.25, -0.2) is 8.42 Å². The van der Waals surface area contributed by atoms with Crippen molar-refractivity contribution in [2.24, 2.45) is 12.8 Å². The Morgan fingerprint density at radius 3 is 2.62 bits per heavy atom. The first kappa shape index (κ1) is 11.2. The summed E-state index contributed by atoms with van der Waals surface area (Å²) in [5.74, 6) is 0. The zero-order valence-corrected chi connectivity index (χ0v) is 10.1. The monoisotopic (exact) mass is 238 g/mol. The molecule has 0 spiro atoms. The first-order chi connectivity index (χ1) is 7.45. The molecular weight excluding hydrogens is 224 g/mol. The zero-order valence-electron chi connectivity index (χ0n) is 9.27. The molecule has 0 bridgehead atoms. The van der Waals surface area contributed by atoms with Crippen LogP contribution in [-0.2, 0) is 23.4 Å². The van der Waals surface area contributed by atoms with Crippen molar-refractivity contribution in [3.05, 3.63) is 30.0 Å². The van der Waals surface area contributed by atoms with Crippen LogP contribution in [0, 0.1) is 0 Å². The van der Waals surface area contributed by atoms with Crippen LogP contribution in [0.2, 0.25) is 0 Å². The molecule has 2 aromatic rings. The highest BCUT2D eigenvalue weighted by atomic mass is 32.2. The number of hydrogen-bond donors (Lipinski definition) is 1. The molecule has 0 atom stereocenters. The van der Waals surface area contributed by atoms with Crippen LogP contribution in [0.1, 0.15) is 5.56 Å². The summed E-state index contributed by atoms with van der Waals surface area (Å²) in [5.41, 5.74) is 7.39. The number of nitrogens with two attached hydrogens (primary N) is 1. The summed E-state index contributed by atoms with van der Waals surface area (Å²) in [6.45, 7) is 0.337. The molecule has 0 saturated heterocycles. The summed E-state index contributed by atoms with van der Waals surface area (Å²) in [7, 11) is -1.34. The van der Waals surface area contributed by atoms with E-state index in [9.17, 15) is 8.42 Å². The Balaban J connectivity index is 2.96. The molecule has 2 N–H and O–H groups in total. The van der Waals surface area contributed by atoms with E-state index in [4.69, 9.17) is 5.73 Å². The molecule has 0 unspecified atom stereocenters. The van der Waals surface area contributed by atoms with Gasteiger partial charge in [0.15, 0.2) is 9.84 Å². The van der Waals surface area contributed by atoms with E-state index < -0.39 is 9.84 Å². The van der Waals surface area contributed by atoms with Crippen LogP contribution in [-0.4, -0.2) is 19.2 Å². The maximum absolute atomic E-state index is 11.7. The van der Waals surface area contributed by atoms with Gasteiger partial charge >= 0.3 is 0 Å². The fourth-order valence-corrected chi connectivity index (χ4v) is 2.90. The van der Waals surface area contributed by atoms with E-state index in [-0.39, 0.29) is 0 Å². The van der Waals surface area contributed by atoms with Gasteiger partial charge in [0.1, 0.15) is 0 Å². The van der Waals surface area contributed by atoms with E-state index in [1.54, 1.807) is 12.1 Å². The highest BCUT2D eigenvalue weighted by Crippen LogP contribution is 2.27. The van der Waals surface area contributed by atoms with E-state index in [0.29, 0.717) is 11.4 Å². The number of rotatable bonds is 2. The van der Waals surface area contributed by atoms with E-state index in [0.717, 1.165) is 16.5 Å². The number of fused-ring (bicyclic) bond motifs is 1. The fourth-order valence-electron chi connectivity index (χ4n) is 1.97. The molecule has 4 nitrogen and oxygen atoms in total. The molecule has 1 aromatic heterocycles. The molecule has 1 heterocycles. The lowest BCUT2D eigenvalue weighted by Gasteiger charge is -2.03. The SMILES string of the molecule is Cn1cc(CN)c2c(S(C)(=O)=O)cccc21. The Morgan fingerprint density at radius 1 is 1.38 bits per heavy atom. The summed E-state index contributed by atoms with van der Waals surface area (Å²) in [4.78, 5) is 0.353. The number of benzene rings is 1. The van der Waals surface area contributed by atoms with Crippen molar-refractivity contribution < 1.29 is 8.42 Å². The molecule has 0 radical (unpaired) electrons. The Kier molecular flexibility index (Phi) is 2.52. The second-order valence-electron chi connectivity index (χ2n) is 3.89. The zero-order chi connectivity index (χ0) is 11.9. The van der Waals surface area contributed by atoms with Gasteiger partial charge in [0.2, 0.25) is 0 Å². The van der Waals surface area contributed by atoms with Gasteiger partial charge in [-0.05, 0) is 17.7 Å². The molecule has 2 rings (SSSR count). The van der Waals surface area contributed by atoms with Crippen LogP contribution in [0.25, 0.3) is 10.9 Å². The Labute approximate surface area is 94.6 Å². The lowest BCUT2D eigenvalue weighted by Crippen LogP contribution is -2.01. The van der Waals surface area contributed by atoms with Gasteiger partial charge in [0.25, 0.3) is 0 Å². The maximum atomic E-state index is 11.7. The molecule has 0 aliphatic carbocycles. The van der Waals surface area contributed by atoms with Gasteiger partial charge in [-0.3, -0.25) is 0 Å². The van der Waals surface area contributed by atoms with Gasteiger partial charge in [0.05, 0.1) is 4.90 Å². The lowest BCUT2D eigenvalue weighted by atomic mass is 10.2. The van der Waals surface area contributed by atoms with Crippen molar-refractivity contribution in [3.63, 3.8) is 0 Å². The van der Waals surface area contributed by atoms with Gasteiger partial charge in [-0.1, -0.05) is 6.07 Å². The second-order valence-corrected chi connectivity index (χ2v) is 5.88. The average Bonchev–Trinajstić information content (AvgIpc) is 2.54. The summed E-state index contributed by atoms with van der Waals surface area (Å²) in [5, 5.41) is 0.745. The van der Waals surface area contributed by atoms with Crippen LogP contribution < -0.4 is 5.73 Å². The van der Waals surface area contributed by atoms with E-state index in [1.807, 2.05) is 23.9 Å². The normalized spacial score (nSPS) is 12.2. The minimum absolute atomic E-state index is 0.337. The summed E-state index contributed by atoms with van der Waals surface area (Å²) in [6, 6.07) is 5.26. The predicted octanol–water partition coefficient (Wildman–Crippen LogP) is 1.04. The first-order valence-electron chi connectivity index (χ1n) is 4.92. The van der Waals surface area contributed by atoms with Crippen molar-refractivity contribution in [2.45, 2.75) is 11.4 Å². The number of hydrogen-bond acceptors (Lipinski definition) is 3. The third-order valence-electron chi connectivity index (χ3n) is 2.67. The van der Waals surface area contributed by atoms with Crippen LogP contribution in [0.5, 0.6) is 0 Å². The minimum Gasteiger partial charge on any atom is -0.350 e. The molecular formula is C11H14N2O2S. The quantitative estimate of drug-likeness (QED) is 0.850. The molecule has 0 amide bonds. The molecule has 5 heteroatoms. The van der Waals surface area contributed by atoms with Crippen molar-refractivity contribution in [3.8, 4) is 0 Å². The first-order valence-corrected chi connectivity index (χ1v) is 6.81. The van der Waals surface area contributed by atoms with Crippen molar-refractivity contribution in [2.75, 3.05) is 6.26 Å². The van der Waals surface area contributed by atoms with Crippen molar-refractivity contribution >= 4 is 20.7 Å². The smallest absolute Gasteiger partial charge is 0.176 e. The van der Waals surface area contributed by atoms with Crippen LogP contribution in [0.4, 0.5) is 0 Å². The summed E-state index contributed by atoms with van der Waals surface area (Å²) >= 11 is 0. The predicted molar refractivity (Wildman–Crippen MR) is 63.9 cm³/mol. The van der Waals surface area contributed by atoms with Crippen molar-refractivity contribution in [1.82, 2.24) is 4.57 Å². The van der Waals surface area contributed by atoms with Crippen LogP contribution >= 0.6 is 0 Å². The van der Waals surface area contributed by atoms with Crippen LogP contribution in [0.15, 0.2) is 29.3 Å². The minimum atomic E-state index is -3.22. The van der Waals surface area contributed by atoms with Crippen LogP contribution in [0.3, 0.4) is 0 Å². The third kappa shape index (κ3) is 1.62. The molecule has 1 aromatic carbocycles. The highest BCUT2D eigenvalue weighted by Gasteiger charge is 2.16. The topological polar surface area (TPSA) is 65.1 Å². The molecule has 0 aliphatic rings. The molecule has 16 heavy (non-hydrogen) atoms. The Morgan fingerprint density at radius 2 is 2.06 bits per heavy atom. The van der Waals surface area contributed by atoms with Gasteiger partial charge in [-0.15, -0.1) is 0 Å². The lowest BCUT2D eigenvalue weighted by molar-refractivity contribution is 0.602. The Bertz CT molecular complexity index is 641. The number of nitrogens with zero attached hydrogens (tertiary/aromatic N) is 1. The van der Waals surface area contributed by atoms with Gasteiger partial charge in [-0.2, -0.15) is 0 Å². The van der Waals surface area contributed by atoms with Crippen molar-refractivity contribution in [1.29, 1.82) is 0 Å². The number of aryl methyl sites for hydroxylation is 1. The van der Waals surface area contributed by atoms with Gasteiger partial charge < -0.3 is 10.3 Å². The Hall–Kier alpha value is -1.33. The molecule has 0 fully saturated rings. The highest BCUT2D eigenvalue weighted by molar-refractivity contribution is 7.91. The largest absolute Gasteiger partial charge is 0.350 e. The summed E-state index contributed by atoms with van der Waals surface area (Å²) < 4.78 is 25.2. The maximum Gasteiger partial charge on any atom is 0.176 e. The molecule has 0 aliphatic heterocycles. The third-order valence-corrected chi connectivity index (χ3v) is 3.81. The van der Waals surface area contributed by atoms with E-state index in [2.05, 4.69) is 0 Å². The molecule has 86 valence electrons. The standard InChI is InChI=1S/C11H14N2O2S/c1-13-7-8(6-12)11-9(13)4-3-5-10(11)16(2,14)15/h3-5,7H,6,12H2,1-2H3. The average molecular weight is 238 g/mol. The fraction of sp³-hybridized carbons (Fsp3) is 0.273. The number of aromatic nitrogens is 1. The van der Waals surface area contributed by atoms with E-state index in [1.165, 1.54) is 6.26 Å². The second kappa shape index (κ2) is 3.61. The van der Waals surface area contributed by atoms with Gasteiger partial charge in [0, 0.05) is 36.9 Å².